The molecule has 6 nitrogen and oxygen atoms in total. The minimum Gasteiger partial charge on any atom is -0.492 e. The summed E-state index contributed by atoms with van der Waals surface area (Å²) in [6.07, 6.45) is 5.74. The van der Waals surface area contributed by atoms with Crippen molar-refractivity contribution in [2.75, 3.05) is 31.6 Å². The van der Waals surface area contributed by atoms with Crippen molar-refractivity contribution in [3.05, 3.63) is 48.5 Å². The van der Waals surface area contributed by atoms with E-state index in [2.05, 4.69) is 27.1 Å². The van der Waals surface area contributed by atoms with Gasteiger partial charge in [0.15, 0.2) is 0 Å². The average Bonchev–Trinajstić information content (AvgIpc) is 3.02. The van der Waals surface area contributed by atoms with Crippen molar-refractivity contribution in [2.24, 2.45) is 5.92 Å². The quantitative estimate of drug-likeness (QED) is 0.883. The van der Waals surface area contributed by atoms with Crippen molar-refractivity contribution in [1.82, 2.24) is 14.9 Å². The Labute approximate surface area is 141 Å². The van der Waals surface area contributed by atoms with Gasteiger partial charge in [-0.05, 0) is 43.1 Å². The lowest BCUT2D eigenvalue weighted by molar-refractivity contribution is 0.102. The third-order valence-electron chi connectivity index (χ3n) is 4.09. The van der Waals surface area contributed by atoms with Crippen LogP contribution in [0.2, 0.25) is 0 Å². The van der Waals surface area contributed by atoms with Crippen LogP contribution in [0.25, 0.3) is 0 Å². The number of nitrogens with one attached hydrogen (secondary N) is 1. The van der Waals surface area contributed by atoms with Gasteiger partial charge in [0.1, 0.15) is 18.1 Å². The zero-order valence-electron chi connectivity index (χ0n) is 13.8. The van der Waals surface area contributed by atoms with Gasteiger partial charge in [-0.2, -0.15) is 0 Å². The fraction of sp³-hybridized carbons (Fsp3) is 0.389. The van der Waals surface area contributed by atoms with E-state index in [1.54, 1.807) is 0 Å². The van der Waals surface area contributed by atoms with Crippen LogP contribution in [0.1, 0.15) is 23.8 Å². The number of ether oxygens (including phenoxy) is 1. The van der Waals surface area contributed by atoms with E-state index in [4.69, 9.17) is 4.74 Å². The summed E-state index contributed by atoms with van der Waals surface area (Å²) >= 11 is 0. The summed E-state index contributed by atoms with van der Waals surface area (Å²) in [4.78, 5) is 22.3. The number of anilines is 1. The fourth-order valence-electron chi connectivity index (χ4n) is 2.77. The van der Waals surface area contributed by atoms with Gasteiger partial charge in [-0.25, -0.2) is 4.98 Å². The molecule has 6 heteroatoms. The largest absolute Gasteiger partial charge is 0.492 e. The maximum atomic E-state index is 12.0. The van der Waals surface area contributed by atoms with E-state index in [9.17, 15) is 4.79 Å². The van der Waals surface area contributed by atoms with Gasteiger partial charge in [0.25, 0.3) is 5.91 Å². The summed E-state index contributed by atoms with van der Waals surface area (Å²) in [5.74, 6) is 1.32. The van der Waals surface area contributed by atoms with Gasteiger partial charge in [0, 0.05) is 31.2 Å². The van der Waals surface area contributed by atoms with E-state index in [0.717, 1.165) is 31.3 Å². The number of benzene rings is 1. The predicted octanol–water partition coefficient (Wildman–Crippen LogP) is 2.45. The van der Waals surface area contributed by atoms with Gasteiger partial charge < -0.3 is 10.1 Å². The molecular formula is C18H22N4O2. The molecule has 1 aliphatic heterocycles. The molecule has 2 aromatic rings. The normalized spacial score (nSPS) is 17.6. The monoisotopic (exact) mass is 326 g/mol. The van der Waals surface area contributed by atoms with Gasteiger partial charge in [0.2, 0.25) is 0 Å². The Morgan fingerprint density at radius 2 is 2.17 bits per heavy atom. The van der Waals surface area contributed by atoms with Gasteiger partial charge >= 0.3 is 0 Å². The van der Waals surface area contributed by atoms with Crippen molar-refractivity contribution >= 4 is 11.6 Å². The van der Waals surface area contributed by atoms with E-state index in [1.165, 1.54) is 25.0 Å². The molecule has 1 aliphatic rings. The number of carbonyl (C=O) groups excluding carboxylic acids is 1. The van der Waals surface area contributed by atoms with Crippen LogP contribution in [0.5, 0.6) is 5.75 Å². The van der Waals surface area contributed by atoms with Crippen LogP contribution in [0, 0.1) is 5.92 Å². The second kappa shape index (κ2) is 7.88. The molecule has 0 bridgehead atoms. The molecule has 0 aliphatic carbocycles. The highest BCUT2D eigenvalue weighted by Gasteiger charge is 2.17. The fourth-order valence-corrected chi connectivity index (χ4v) is 2.77. The Balaban J connectivity index is 1.46. The summed E-state index contributed by atoms with van der Waals surface area (Å²) in [7, 11) is 0. The molecule has 2 heterocycles. The Morgan fingerprint density at radius 3 is 2.83 bits per heavy atom. The molecule has 0 saturated carbocycles. The molecule has 0 unspecified atom stereocenters. The van der Waals surface area contributed by atoms with Crippen LogP contribution in [0.4, 0.5) is 5.69 Å². The molecular weight excluding hydrogens is 304 g/mol. The smallest absolute Gasteiger partial charge is 0.275 e. The van der Waals surface area contributed by atoms with Crippen LogP contribution >= 0.6 is 0 Å². The molecule has 3 rings (SSSR count). The van der Waals surface area contributed by atoms with Crippen molar-refractivity contribution in [3.63, 3.8) is 0 Å². The predicted molar refractivity (Wildman–Crippen MR) is 92.1 cm³/mol. The first-order valence-corrected chi connectivity index (χ1v) is 8.23. The van der Waals surface area contributed by atoms with E-state index >= 15 is 0 Å². The topological polar surface area (TPSA) is 67.3 Å². The van der Waals surface area contributed by atoms with Gasteiger partial charge in [-0.15, -0.1) is 0 Å². The second-order valence-corrected chi connectivity index (χ2v) is 6.11. The molecule has 1 amide bonds. The second-order valence-electron chi connectivity index (χ2n) is 6.11. The number of hydrogen-bond acceptors (Lipinski definition) is 5. The lowest BCUT2D eigenvalue weighted by atomic mass is 10.2. The summed E-state index contributed by atoms with van der Waals surface area (Å²) in [5, 5.41) is 2.79. The highest BCUT2D eigenvalue weighted by Crippen LogP contribution is 2.17. The zero-order chi connectivity index (χ0) is 16.8. The van der Waals surface area contributed by atoms with Gasteiger partial charge in [-0.1, -0.05) is 6.92 Å². The minimum absolute atomic E-state index is 0.278. The number of amides is 1. The maximum absolute atomic E-state index is 12.0. The van der Waals surface area contributed by atoms with Crippen molar-refractivity contribution in [3.8, 4) is 5.75 Å². The number of likely N-dealkylation sites (tertiary alicyclic amines) is 1. The molecule has 126 valence electrons. The van der Waals surface area contributed by atoms with Gasteiger partial charge in [0.05, 0.1) is 6.20 Å². The first-order valence-electron chi connectivity index (χ1n) is 8.23. The molecule has 1 fully saturated rings. The van der Waals surface area contributed by atoms with E-state index in [1.807, 2.05) is 24.3 Å². The summed E-state index contributed by atoms with van der Waals surface area (Å²) in [5.41, 5.74) is 0.990. The first-order chi connectivity index (χ1) is 11.7. The molecule has 1 atom stereocenters. The van der Waals surface area contributed by atoms with Crippen molar-refractivity contribution in [2.45, 2.75) is 13.3 Å². The maximum Gasteiger partial charge on any atom is 0.275 e. The van der Waals surface area contributed by atoms with Crippen LogP contribution < -0.4 is 10.1 Å². The van der Waals surface area contributed by atoms with E-state index < -0.39 is 0 Å². The highest BCUT2D eigenvalue weighted by molar-refractivity contribution is 6.02. The Hall–Kier alpha value is -2.47. The van der Waals surface area contributed by atoms with Crippen molar-refractivity contribution < 1.29 is 9.53 Å². The third-order valence-corrected chi connectivity index (χ3v) is 4.09. The highest BCUT2D eigenvalue weighted by atomic mass is 16.5. The minimum atomic E-state index is -0.278. The molecule has 0 radical (unpaired) electrons. The van der Waals surface area contributed by atoms with Crippen LogP contribution in [-0.4, -0.2) is 47.0 Å². The Morgan fingerprint density at radius 1 is 1.33 bits per heavy atom. The van der Waals surface area contributed by atoms with Crippen LogP contribution in [0.15, 0.2) is 42.9 Å². The van der Waals surface area contributed by atoms with Gasteiger partial charge in [-0.3, -0.25) is 14.7 Å². The zero-order valence-corrected chi connectivity index (χ0v) is 13.8. The van der Waals surface area contributed by atoms with Crippen LogP contribution in [-0.2, 0) is 0 Å². The van der Waals surface area contributed by atoms with Crippen LogP contribution in [0.3, 0.4) is 0 Å². The molecule has 24 heavy (non-hydrogen) atoms. The van der Waals surface area contributed by atoms with E-state index in [0.29, 0.717) is 12.3 Å². The number of nitrogens with zero attached hydrogens (tertiary/aromatic N) is 3. The molecule has 0 spiro atoms. The standard InChI is InChI=1S/C18H22N4O2/c1-14-6-9-22(13-14)10-11-24-16-4-2-15(3-5-16)21-18(23)17-12-19-7-8-20-17/h2-5,7-8,12,14H,6,9-11,13H2,1H3,(H,21,23)/t14-/m0/s1. The number of hydrogen-bond donors (Lipinski definition) is 1. The molecule has 1 N–H and O–H groups in total. The summed E-state index contributed by atoms with van der Waals surface area (Å²) < 4.78 is 5.77. The van der Waals surface area contributed by atoms with E-state index in [-0.39, 0.29) is 11.6 Å². The average molecular weight is 326 g/mol. The summed E-state index contributed by atoms with van der Waals surface area (Å²) in [6.45, 7) is 6.25. The number of carbonyl (C=O) groups is 1. The Bertz CT molecular complexity index is 660. The molecule has 1 aromatic heterocycles. The number of aromatic nitrogens is 2. The SMILES string of the molecule is C[C@H]1CCN(CCOc2ccc(NC(=O)c3cnccn3)cc2)C1. The number of rotatable bonds is 6. The third kappa shape index (κ3) is 4.52. The lowest BCUT2D eigenvalue weighted by Gasteiger charge is -2.15. The molecule has 1 aromatic carbocycles. The van der Waals surface area contributed by atoms with Crippen molar-refractivity contribution in [1.29, 1.82) is 0 Å². The Kier molecular flexibility index (Phi) is 5.38. The first kappa shape index (κ1) is 16.4. The summed E-state index contributed by atoms with van der Waals surface area (Å²) in [6, 6.07) is 7.36. The molecule has 1 saturated heterocycles. The lowest BCUT2D eigenvalue weighted by Crippen LogP contribution is -2.25.